The lowest BCUT2D eigenvalue weighted by Crippen LogP contribution is -2.29. The summed E-state index contributed by atoms with van der Waals surface area (Å²) in [4.78, 5) is 24.9. The number of carbonyl (C=O) groups excluding carboxylic acids is 1. The molecule has 114 valence electrons. The molecule has 1 amide bonds. The van der Waals surface area contributed by atoms with E-state index in [1.807, 2.05) is 12.1 Å². The molecule has 0 unspecified atom stereocenters. The first-order valence-corrected chi connectivity index (χ1v) is 7.56. The van der Waals surface area contributed by atoms with Crippen LogP contribution in [0.3, 0.4) is 0 Å². The van der Waals surface area contributed by atoms with Crippen molar-refractivity contribution in [3.8, 4) is 0 Å². The molecule has 6 heteroatoms. The second-order valence-electron chi connectivity index (χ2n) is 5.43. The maximum absolute atomic E-state index is 12.4. The van der Waals surface area contributed by atoms with E-state index in [9.17, 15) is 4.79 Å². The zero-order chi connectivity index (χ0) is 15.4. The van der Waals surface area contributed by atoms with Crippen LogP contribution in [0.2, 0.25) is 0 Å². The summed E-state index contributed by atoms with van der Waals surface area (Å²) in [5.74, 6) is 0.00852. The number of aromatic nitrogens is 3. The zero-order valence-corrected chi connectivity index (χ0v) is 12.4. The Morgan fingerprint density at radius 3 is 2.95 bits per heavy atom. The molecule has 0 aromatic carbocycles. The van der Waals surface area contributed by atoms with Gasteiger partial charge in [0.2, 0.25) is 5.95 Å². The van der Waals surface area contributed by atoms with Gasteiger partial charge < -0.3 is 11.1 Å². The van der Waals surface area contributed by atoms with Crippen LogP contribution in [-0.4, -0.2) is 27.4 Å². The number of nitrogen functional groups attached to an aromatic ring is 1. The molecule has 2 heterocycles. The number of nitrogens with zero attached hydrogens (tertiary/aromatic N) is 3. The van der Waals surface area contributed by atoms with Gasteiger partial charge >= 0.3 is 0 Å². The van der Waals surface area contributed by atoms with Crippen molar-refractivity contribution in [2.24, 2.45) is 0 Å². The van der Waals surface area contributed by atoms with Gasteiger partial charge in [0, 0.05) is 30.2 Å². The third-order valence-electron chi connectivity index (χ3n) is 3.84. The summed E-state index contributed by atoms with van der Waals surface area (Å²) in [7, 11) is 0. The number of nitrogens with one attached hydrogen (secondary N) is 1. The number of hydrogen-bond acceptors (Lipinski definition) is 5. The standard InChI is InChI=1S/C16H19N5O/c17-16-20-13-6-2-1-5-12(13)14(21-16)15(22)19-9-7-11-4-3-8-18-10-11/h3-4,8,10H,1-2,5-7,9H2,(H,19,22)(H2,17,20,21). The van der Waals surface area contributed by atoms with E-state index < -0.39 is 0 Å². The van der Waals surface area contributed by atoms with Gasteiger partial charge in [-0.1, -0.05) is 6.07 Å². The summed E-state index contributed by atoms with van der Waals surface area (Å²) < 4.78 is 0. The Kier molecular flexibility index (Phi) is 4.27. The molecule has 22 heavy (non-hydrogen) atoms. The van der Waals surface area contributed by atoms with Gasteiger partial charge in [0.25, 0.3) is 5.91 Å². The van der Waals surface area contributed by atoms with E-state index in [-0.39, 0.29) is 11.9 Å². The summed E-state index contributed by atoms with van der Waals surface area (Å²) in [6.45, 7) is 0.545. The van der Waals surface area contributed by atoms with Gasteiger partial charge in [-0.25, -0.2) is 9.97 Å². The Hall–Kier alpha value is -2.50. The first-order chi connectivity index (χ1) is 10.7. The number of hydrogen-bond donors (Lipinski definition) is 2. The van der Waals surface area contributed by atoms with Crippen molar-refractivity contribution in [2.75, 3.05) is 12.3 Å². The Bertz CT molecular complexity index is 672. The molecule has 0 saturated carbocycles. The van der Waals surface area contributed by atoms with Crippen molar-refractivity contribution in [1.82, 2.24) is 20.3 Å². The minimum absolute atomic E-state index is 0.170. The highest BCUT2D eigenvalue weighted by Crippen LogP contribution is 2.22. The van der Waals surface area contributed by atoms with E-state index in [0.717, 1.165) is 48.9 Å². The van der Waals surface area contributed by atoms with Crippen molar-refractivity contribution >= 4 is 11.9 Å². The quantitative estimate of drug-likeness (QED) is 0.887. The van der Waals surface area contributed by atoms with Crippen LogP contribution >= 0.6 is 0 Å². The lowest BCUT2D eigenvalue weighted by Gasteiger charge is -2.17. The first kappa shape index (κ1) is 14.4. The predicted octanol–water partition coefficient (Wildman–Crippen LogP) is 1.31. The molecule has 6 nitrogen and oxygen atoms in total. The highest BCUT2D eigenvalue weighted by atomic mass is 16.1. The third-order valence-corrected chi connectivity index (χ3v) is 3.84. The van der Waals surface area contributed by atoms with Gasteiger partial charge in [-0.2, -0.15) is 0 Å². The van der Waals surface area contributed by atoms with Crippen LogP contribution in [0, 0.1) is 0 Å². The lowest BCUT2D eigenvalue weighted by molar-refractivity contribution is 0.0947. The third kappa shape index (κ3) is 3.21. The largest absolute Gasteiger partial charge is 0.368 e. The topological polar surface area (TPSA) is 93.8 Å². The smallest absolute Gasteiger partial charge is 0.270 e. The molecule has 0 aliphatic heterocycles. The van der Waals surface area contributed by atoms with Gasteiger partial charge in [-0.3, -0.25) is 9.78 Å². The van der Waals surface area contributed by atoms with Crippen molar-refractivity contribution in [3.63, 3.8) is 0 Å². The van der Waals surface area contributed by atoms with E-state index in [1.54, 1.807) is 12.4 Å². The zero-order valence-electron chi connectivity index (χ0n) is 12.4. The fraction of sp³-hybridized carbons (Fsp3) is 0.375. The molecule has 2 aromatic rings. The van der Waals surface area contributed by atoms with Crippen LogP contribution in [0.5, 0.6) is 0 Å². The molecular formula is C16H19N5O. The summed E-state index contributed by atoms with van der Waals surface area (Å²) in [5.41, 5.74) is 9.14. The minimum atomic E-state index is -0.170. The van der Waals surface area contributed by atoms with Gasteiger partial charge in [0.1, 0.15) is 5.69 Å². The number of anilines is 1. The van der Waals surface area contributed by atoms with E-state index in [1.165, 1.54) is 0 Å². The molecule has 0 bridgehead atoms. The van der Waals surface area contributed by atoms with Gasteiger partial charge in [-0.05, 0) is 43.7 Å². The van der Waals surface area contributed by atoms with E-state index in [0.29, 0.717) is 12.2 Å². The minimum Gasteiger partial charge on any atom is -0.368 e. The van der Waals surface area contributed by atoms with E-state index in [2.05, 4.69) is 20.3 Å². The van der Waals surface area contributed by atoms with Gasteiger partial charge in [0.05, 0.1) is 0 Å². The average Bonchev–Trinajstić information content (AvgIpc) is 2.55. The summed E-state index contributed by atoms with van der Waals surface area (Å²) in [6, 6.07) is 3.88. The number of carbonyl (C=O) groups is 1. The average molecular weight is 297 g/mol. The Morgan fingerprint density at radius 1 is 1.27 bits per heavy atom. The fourth-order valence-corrected chi connectivity index (χ4v) is 2.75. The molecule has 3 rings (SSSR count). The van der Waals surface area contributed by atoms with Crippen LogP contribution in [0.15, 0.2) is 24.5 Å². The predicted molar refractivity (Wildman–Crippen MR) is 83.4 cm³/mol. The van der Waals surface area contributed by atoms with Crippen LogP contribution in [0.1, 0.15) is 40.2 Å². The second-order valence-corrected chi connectivity index (χ2v) is 5.43. The van der Waals surface area contributed by atoms with Crippen molar-refractivity contribution in [1.29, 1.82) is 0 Å². The van der Waals surface area contributed by atoms with E-state index in [4.69, 9.17) is 5.73 Å². The van der Waals surface area contributed by atoms with Crippen LogP contribution < -0.4 is 11.1 Å². The van der Waals surface area contributed by atoms with Crippen LogP contribution in [-0.2, 0) is 19.3 Å². The number of rotatable bonds is 4. The molecule has 3 N–H and O–H groups in total. The highest BCUT2D eigenvalue weighted by Gasteiger charge is 2.21. The molecule has 1 aliphatic carbocycles. The van der Waals surface area contributed by atoms with Crippen LogP contribution in [0.4, 0.5) is 5.95 Å². The molecule has 0 saturated heterocycles. The number of nitrogens with two attached hydrogens (primary N) is 1. The highest BCUT2D eigenvalue weighted by molar-refractivity contribution is 5.94. The maximum Gasteiger partial charge on any atom is 0.270 e. The second kappa shape index (κ2) is 6.51. The molecule has 0 spiro atoms. The maximum atomic E-state index is 12.4. The Morgan fingerprint density at radius 2 is 2.14 bits per heavy atom. The number of amides is 1. The monoisotopic (exact) mass is 297 g/mol. The summed E-state index contributed by atoms with van der Waals surface area (Å²) in [6.07, 6.45) is 8.15. The van der Waals surface area contributed by atoms with Crippen molar-refractivity contribution in [3.05, 3.63) is 47.0 Å². The SMILES string of the molecule is Nc1nc2c(c(C(=O)NCCc3cccnc3)n1)CCCC2. The Labute approximate surface area is 129 Å². The normalized spacial score (nSPS) is 13.5. The molecule has 0 radical (unpaired) electrons. The first-order valence-electron chi connectivity index (χ1n) is 7.56. The van der Waals surface area contributed by atoms with Crippen molar-refractivity contribution < 1.29 is 4.79 Å². The van der Waals surface area contributed by atoms with Crippen molar-refractivity contribution in [2.45, 2.75) is 32.1 Å². The summed E-state index contributed by atoms with van der Waals surface area (Å²) >= 11 is 0. The lowest BCUT2D eigenvalue weighted by atomic mass is 9.94. The molecule has 1 aliphatic rings. The van der Waals surface area contributed by atoms with Gasteiger partial charge in [0.15, 0.2) is 0 Å². The van der Waals surface area contributed by atoms with E-state index >= 15 is 0 Å². The number of pyridine rings is 1. The molecule has 2 aromatic heterocycles. The fourth-order valence-electron chi connectivity index (χ4n) is 2.75. The van der Waals surface area contributed by atoms with Gasteiger partial charge in [-0.15, -0.1) is 0 Å². The molecule has 0 atom stereocenters. The summed E-state index contributed by atoms with van der Waals surface area (Å²) in [5, 5.41) is 2.91. The molecule has 0 fully saturated rings. The number of aryl methyl sites for hydroxylation is 1. The molecular weight excluding hydrogens is 278 g/mol. The van der Waals surface area contributed by atoms with Crippen LogP contribution in [0.25, 0.3) is 0 Å². The number of fused-ring (bicyclic) bond motifs is 1. The Balaban J connectivity index is 1.68.